The van der Waals surface area contributed by atoms with E-state index in [1.54, 1.807) is 7.05 Å². The van der Waals surface area contributed by atoms with E-state index in [0.29, 0.717) is 18.6 Å². The predicted octanol–water partition coefficient (Wildman–Crippen LogP) is 0.412. The van der Waals surface area contributed by atoms with Crippen molar-refractivity contribution in [3.63, 3.8) is 0 Å². The molecule has 2 aliphatic rings. The van der Waals surface area contributed by atoms with Gasteiger partial charge in [0.1, 0.15) is 0 Å². The lowest BCUT2D eigenvalue weighted by Crippen LogP contribution is -2.53. The van der Waals surface area contributed by atoms with Crippen LogP contribution in [0.4, 0.5) is 0 Å². The molecule has 2 rings (SSSR count). The second-order valence-corrected chi connectivity index (χ2v) is 6.95. The maximum Gasteiger partial charge on any atom is 0.310 e. The van der Waals surface area contributed by atoms with Crippen molar-refractivity contribution >= 4 is 11.9 Å². The van der Waals surface area contributed by atoms with Crippen LogP contribution in [0.2, 0.25) is 0 Å². The third-order valence-electron chi connectivity index (χ3n) is 5.17. The van der Waals surface area contributed by atoms with Crippen LogP contribution in [0, 0.1) is 11.8 Å². The number of methoxy groups -OCH3 is 1. The third-order valence-corrected chi connectivity index (χ3v) is 5.17. The van der Waals surface area contributed by atoms with E-state index >= 15 is 0 Å². The topological polar surface area (TPSA) is 66.4 Å². The van der Waals surface area contributed by atoms with Crippen molar-refractivity contribution < 1.29 is 14.3 Å². The molecule has 4 unspecified atom stereocenters. The molecule has 2 aliphatic heterocycles. The van der Waals surface area contributed by atoms with Crippen molar-refractivity contribution in [1.29, 1.82) is 0 Å². The van der Waals surface area contributed by atoms with Crippen LogP contribution in [0.25, 0.3) is 0 Å². The number of morpholine rings is 1. The van der Waals surface area contributed by atoms with E-state index in [-0.39, 0.29) is 17.8 Å². The van der Waals surface area contributed by atoms with Crippen molar-refractivity contribution in [2.24, 2.45) is 16.8 Å². The molecule has 0 aliphatic carbocycles. The van der Waals surface area contributed by atoms with Crippen molar-refractivity contribution in [1.82, 2.24) is 15.1 Å². The molecule has 0 radical (unpaired) electrons. The molecule has 2 saturated heterocycles. The fraction of sp³-hybridized carbons (Fsp3) is 0.882. The molecule has 4 atom stereocenters. The van der Waals surface area contributed by atoms with E-state index in [1.807, 2.05) is 0 Å². The van der Waals surface area contributed by atoms with Gasteiger partial charge in [-0.15, -0.1) is 0 Å². The smallest absolute Gasteiger partial charge is 0.310 e. The van der Waals surface area contributed by atoms with Gasteiger partial charge in [0.05, 0.1) is 26.2 Å². The number of ether oxygens (including phenoxy) is 2. The van der Waals surface area contributed by atoms with E-state index in [2.05, 4.69) is 40.9 Å². The Bertz CT molecular complexity index is 457. The first-order valence-electron chi connectivity index (χ1n) is 8.84. The van der Waals surface area contributed by atoms with Gasteiger partial charge in [0.25, 0.3) is 0 Å². The number of hydrogen-bond acceptors (Lipinski definition) is 5. The zero-order valence-corrected chi connectivity index (χ0v) is 15.6. The molecular weight excluding hydrogens is 308 g/mol. The molecule has 0 aromatic rings. The number of hydrogen-bond donors (Lipinski definition) is 1. The van der Waals surface area contributed by atoms with Crippen LogP contribution >= 0.6 is 0 Å². The van der Waals surface area contributed by atoms with Gasteiger partial charge in [-0.25, -0.2) is 0 Å². The molecule has 0 saturated carbocycles. The van der Waals surface area contributed by atoms with E-state index < -0.39 is 0 Å². The normalized spacial score (nSPS) is 30.3. The molecule has 0 bridgehead atoms. The van der Waals surface area contributed by atoms with Crippen LogP contribution in [0.5, 0.6) is 0 Å². The zero-order valence-electron chi connectivity index (χ0n) is 15.6. The van der Waals surface area contributed by atoms with Gasteiger partial charge >= 0.3 is 5.97 Å². The summed E-state index contributed by atoms with van der Waals surface area (Å²) in [7, 11) is 3.25. The van der Waals surface area contributed by atoms with Crippen LogP contribution < -0.4 is 5.32 Å². The second kappa shape index (κ2) is 8.67. The fourth-order valence-corrected chi connectivity index (χ4v) is 3.68. The third kappa shape index (κ3) is 4.39. The maximum absolute atomic E-state index is 11.9. The maximum atomic E-state index is 11.9. The largest absolute Gasteiger partial charge is 0.469 e. The molecule has 2 fully saturated rings. The lowest BCUT2D eigenvalue weighted by Gasteiger charge is -2.38. The average molecular weight is 340 g/mol. The molecule has 0 aromatic carbocycles. The summed E-state index contributed by atoms with van der Waals surface area (Å²) in [5.74, 6) is 0.926. The first-order valence-corrected chi connectivity index (χ1v) is 8.84. The number of guanidine groups is 1. The van der Waals surface area contributed by atoms with Crippen molar-refractivity contribution in [2.45, 2.75) is 32.9 Å². The SMILES string of the molecule is CN=C(NCC(C)N1CCOCC1C)N1CC(C)C(C(=O)OC)C1. The minimum absolute atomic E-state index is 0.0785. The molecule has 24 heavy (non-hydrogen) atoms. The summed E-state index contributed by atoms with van der Waals surface area (Å²) in [5, 5.41) is 3.47. The molecule has 7 heteroatoms. The number of carbonyl (C=O) groups excluding carboxylic acids is 1. The highest BCUT2D eigenvalue weighted by Gasteiger charge is 2.37. The second-order valence-electron chi connectivity index (χ2n) is 6.95. The number of nitrogens with one attached hydrogen (secondary N) is 1. The van der Waals surface area contributed by atoms with Crippen LogP contribution in [-0.4, -0.2) is 87.4 Å². The average Bonchev–Trinajstić information content (AvgIpc) is 2.96. The Morgan fingerprint density at radius 2 is 2.17 bits per heavy atom. The number of aliphatic imine (C=N–C) groups is 1. The monoisotopic (exact) mass is 340 g/mol. The first-order chi connectivity index (χ1) is 11.5. The minimum Gasteiger partial charge on any atom is -0.469 e. The molecule has 2 heterocycles. The van der Waals surface area contributed by atoms with Gasteiger partial charge in [-0.3, -0.25) is 14.7 Å². The summed E-state index contributed by atoms with van der Waals surface area (Å²) < 4.78 is 10.4. The number of esters is 1. The Kier molecular flexibility index (Phi) is 6.86. The van der Waals surface area contributed by atoms with Crippen LogP contribution in [0.3, 0.4) is 0 Å². The van der Waals surface area contributed by atoms with Gasteiger partial charge in [0.15, 0.2) is 5.96 Å². The van der Waals surface area contributed by atoms with Crippen LogP contribution in [0.1, 0.15) is 20.8 Å². The van der Waals surface area contributed by atoms with E-state index in [0.717, 1.165) is 38.8 Å². The number of nitrogens with zero attached hydrogens (tertiary/aromatic N) is 3. The quantitative estimate of drug-likeness (QED) is 0.454. The lowest BCUT2D eigenvalue weighted by molar-refractivity contribution is -0.145. The Hall–Kier alpha value is -1.34. The van der Waals surface area contributed by atoms with Gasteiger partial charge in [-0.05, 0) is 19.8 Å². The summed E-state index contributed by atoms with van der Waals surface area (Å²) in [6.45, 7) is 11.4. The molecule has 0 amide bonds. The van der Waals surface area contributed by atoms with Crippen molar-refractivity contribution in [3.8, 4) is 0 Å². The van der Waals surface area contributed by atoms with Crippen LogP contribution in [0.15, 0.2) is 4.99 Å². The Morgan fingerprint density at radius 1 is 1.42 bits per heavy atom. The summed E-state index contributed by atoms with van der Waals surface area (Å²) in [5.41, 5.74) is 0. The predicted molar refractivity (Wildman–Crippen MR) is 94.1 cm³/mol. The first kappa shape index (κ1) is 19.0. The van der Waals surface area contributed by atoms with Gasteiger partial charge < -0.3 is 19.7 Å². The van der Waals surface area contributed by atoms with Gasteiger partial charge in [-0.1, -0.05) is 6.92 Å². The summed E-state index contributed by atoms with van der Waals surface area (Å²) in [6.07, 6.45) is 0. The molecule has 0 spiro atoms. The molecule has 138 valence electrons. The summed E-state index contributed by atoms with van der Waals surface area (Å²) >= 11 is 0. The fourth-order valence-electron chi connectivity index (χ4n) is 3.68. The van der Waals surface area contributed by atoms with Gasteiger partial charge in [-0.2, -0.15) is 0 Å². The summed E-state index contributed by atoms with van der Waals surface area (Å²) in [6, 6.07) is 0.838. The highest BCUT2D eigenvalue weighted by Crippen LogP contribution is 2.24. The standard InChI is InChI=1S/C17H32N4O3/c1-12-9-20(10-15(12)16(22)23-5)17(18-4)19-8-13(2)21-6-7-24-11-14(21)3/h12-15H,6-11H2,1-5H3,(H,18,19). The van der Waals surface area contributed by atoms with Crippen LogP contribution in [-0.2, 0) is 14.3 Å². The Labute approximate surface area is 145 Å². The van der Waals surface area contributed by atoms with E-state index in [9.17, 15) is 4.79 Å². The van der Waals surface area contributed by atoms with Gasteiger partial charge in [0.2, 0.25) is 0 Å². The number of rotatable bonds is 4. The molecule has 1 N–H and O–H groups in total. The van der Waals surface area contributed by atoms with Crippen molar-refractivity contribution in [2.75, 3.05) is 53.6 Å². The molecule has 7 nitrogen and oxygen atoms in total. The zero-order chi connectivity index (χ0) is 17.7. The molecular formula is C17H32N4O3. The summed E-state index contributed by atoms with van der Waals surface area (Å²) in [4.78, 5) is 20.9. The lowest BCUT2D eigenvalue weighted by atomic mass is 9.99. The van der Waals surface area contributed by atoms with E-state index in [4.69, 9.17) is 9.47 Å². The highest BCUT2D eigenvalue weighted by atomic mass is 16.5. The number of carbonyl (C=O) groups is 1. The minimum atomic E-state index is -0.129. The number of likely N-dealkylation sites (tertiary alicyclic amines) is 1. The highest BCUT2D eigenvalue weighted by molar-refractivity contribution is 5.82. The molecule has 0 aromatic heterocycles. The van der Waals surface area contributed by atoms with Crippen molar-refractivity contribution in [3.05, 3.63) is 0 Å². The van der Waals surface area contributed by atoms with Gasteiger partial charge in [0, 0.05) is 45.3 Å². The Morgan fingerprint density at radius 3 is 2.79 bits per heavy atom. The van der Waals surface area contributed by atoms with E-state index in [1.165, 1.54) is 7.11 Å². The Balaban J connectivity index is 1.87.